The van der Waals surface area contributed by atoms with Crippen LogP contribution in [0.25, 0.3) is 10.9 Å². The quantitative estimate of drug-likeness (QED) is 0.324. The summed E-state index contributed by atoms with van der Waals surface area (Å²) in [4.78, 5) is 34.2. The number of fused-ring (bicyclic) bond motifs is 1. The molecule has 0 bridgehead atoms. The van der Waals surface area contributed by atoms with Gasteiger partial charge < -0.3 is 14.6 Å². The SMILES string of the molecule is CC(OC(=O)CCn1ccc2ccccc21)C(=O)Nc1ccc([N+](=O)[O-])cc1C(F)(F)F. The molecule has 1 atom stereocenters. The lowest BCUT2D eigenvalue weighted by Crippen LogP contribution is -2.31. The number of hydrogen-bond acceptors (Lipinski definition) is 5. The topological polar surface area (TPSA) is 103 Å². The fourth-order valence-corrected chi connectivity index (χ4v) is 3.08. The van der Waals surface area contributed by atoms with E-state index in [0.717, 1.165) is 23.0 Å². The number of nitrogens with one attached hydrogen (secondary N) is 1. The van der Waals surface area contributed by atoms with E-state index in [0.29, 0.717) is 12.6 Å². The first-order valence-electron chi connectivity index (χ1n) is 9.46. The average Bonchev–Trinajstić information content (AvgIpc) is 3.14. The van der Waals surface area contributed by atoms with Crippen molar-refractivity contribution in [2.24, 2.45) is 0 Å². The van der Waals surface area contributed by atoms with Gasteiger partial charge in [0.25, 0.3) is 11.6 Å². The Bertz CT molecular complexity index is 1170. The molecule has 168 valence electrons. The number of ether oxygens (including phenoxy) is 1. The summed E-state index contributed by atoms with van der Waals surface area (Å²) in [7, 11) is 0. The zero-order valence-electron chi connectivity index (χ0n) is 16.8. The van der Waals surface area contributed by atoms with Crippen molar-refractivity contribution >= 4 is 34.2 Å². The van der Waals surface area contributed by atoms with Crippen LogP contribution in [0.1, 0.15) is 18.9 Å². The predicted molar refractivity (Wildman–Crippen MR) is 109 cm³/mol. The minimum Gasteiger partial charge on any atom is -0.452 e. The molecule has 0 fully saturated rings. The van der Waals surface area contributed by atoms with Crippen molar-refractivity contribution in [3.05, 3.63) is 70.4 Å². The van der Waals surface area contributed by atoms with E-state index < -0.39 is 46.0 Å². The highest BCUT2D eigenvalue weighted by Gasteiger charge is 2.36. The van der Waals surface area contributed by atoms with Crippen molar-refractivity contribution in [1.29, 1.82) is 0 Å². The standard InChI is InChI=1S/C21H18F3N3O5/c1-13(32-19(28)9-11-26-10-8-14-4-2-3-5-18(14)26)20(29)25-17-7-6-15(27(30)31)12-16(17)21(22,23)24/h2-8,10,12-13H,9,11H2,1H3,(H,25,29). The van der Waals surface area contributed by atoms with Crippen LogP contribution in [-0.2, 0) is 27.0 Å². The molecule has 1 aromatic heterocycles. The first-order chi connectivity index (χ1) is 15.1. The molecular weight excluding hydrogens is 431 g/mol. The van der Waals surface area contributed by atoms with E-state index in [9.17, 15) is 32.9 Å². The number of rotatable bonds is 7. The average molecular weight is 449 g/mol. The maximum atomic E-state index is 13.2. The summed E-state index contributed by atoms with van der Waals surface area (Å²) in [6, 6.07) is 11.4. The van der Waals surface area contributed by atoms with Gasteiger partial charge in [-0.05, 0) is 30.5 Å². The second-order valence-corrected chi connectivity index (χ2v) is 6.92. The van der Waals surface area contributed by atoms with Gasteiger partial charge in [-0.25, -0.2) is 0 Å². The summed E-state index contributed by atoms with van der Waals surface area (Å²) < 4.78 is 46.6. The van der Waals surface area contributed by atoms with Gasteiger partial charge in [0, 0.05) is 30.4 Å². The zero-order valence-corrected chi connectivity index (χ0v) is 16.8. The molecule has 1 heterocycles. The molecule has 3 aromatic rings. The molecule has 0 radical (unpaired) electrons. The maximum Gasteiger partial charge on any atom is 0.418 e. The monoisotopic (exact) mass is 449 g/mol. The van der Waals surface area contributed by atoms with Gasteiger partial charge in [-0.3, -0.25) is 19.7 Å². The fraction of sp³-hybridized carbons (Fsp3) is 0.238. The van der Waals surface area contributed by atoms with E-state index in [1.807, 2.05) is 40.2 Å². The second kappa shape index (κ2) is 9.08. The molecule has 1 unspecified atom stereocenters. The van der Waals surface area contributed by atoms with Crippen LogP contribution in [0, 0.1) is 10.1 Å². The van der Waals surface area contributed by atoms with Crippen LogP contribution >= 0.6 is 0 Å². The molecule has 0 aliphatic heterocycles. The highest BCUT2D eigenvalue weighted by atomic mass is 19.4. The maximum absolute atomic E-state index is 13.2. The van der Waals surface area contributed by atoms with Gasteiger partial charge in [0.2, 0.25) is 0 Å². The molecule has 0 spiro atoms. The number of non-ortho nitro benzene ring substituents is 1. The normalized spacial score (nSPS) is 12.4. The number of anilines is 1. The number of aryl methyl sites for hydroxylation is 1. The molecule has 3 rings (SSSR count). The van der Waals surface area contributed by atoms with Gasteiger partial charge in [-0.15, -0.1) is 0 Å². The van der Waals surface area contributed by atoms with E-state index in [4.69, 9.17) is 4.74 Å². The van der Waals surface area contributed by atoms with Crippen LogP contribution in [0.2, 0.25) is 0 Å². The van der Waals surface area contributed by atoms with Crippen molar-refractivity contribution in [3.63, 3.8) is 0 Å². The van der Waals surface area contributed by atoms with Crippen molar-refractivity contribution in [3.8, 4) is 0 Å². The number of para-hydroxylation sites is 1. The Labute approximate surface area is 179 Å². The van der Waals surface area contributed by atoms with Crippen LogP contribution in [-0.4, -0.2) is 27.5 Å². The summed E-state index contributed by atoms with van der Waals surface area (Å²) in [5.41, 5.74) is -1.90. The molecule has 8 nitrogen and oxygen atoms in total. The summed E-state index contributed by atoms with van der Waals surface area (Å²) >= 11 is 0. The van der Waals surface area contributed by atoms with E-state index in [1.165, 1.54) is 6.92 Å². The number of esters is 1. The number of halogens is 3. The van der Waals surface area contributed by atoms with Crippen molar-refractivity contribution in [2.75, 3.05) is 5.32 Å². The molecule has 0 aliphatic carbocycles. The zero-order chi connectivity index (χ0) is 23.5. The lowest BCUT2D eigenvalue weighted by Gasteiger charge is -2.17. The number of nitro benzene ring substituents is 1. The first kappa shape index (κ1) is 22.8. The molecule has 32 heavy (non-hydrogen) atoms. The Morgan fingerprint density at radius 2 is 1.91 bits per heavy atom. The van der Waals surface area contributed by atoms with E-state index in [-0.39, 0.29) is 6.42 Å². The highest BCUT2D eigenvalue weighted by molar-refractivity contribution is 5.96. The number of alkyl halides is 3. The largest absolute Gasteiger partial charge is 0.452 e. The third kappa shape index (κ3) is 5.23. The van der Waals surface area contributed by atoms with Crippen molar-refractivity contribution in [1.82, 2.24) is 4.57 Å². The first-order valence-corrected chi connectivity index (χ1v) is 9.46. The van der Waals surface area contributed by atoms with E-state index in [1.54, 1.807) is 6.20 Å². The molecular formula is C21H18F3N3O5. The van der Waals surface area contributed by atoms with Crippen molar-refractivity contribution < 1.29 is 32.4 Å². The number of carbonyl (C=O) groups excluding carboxylic acids is 2. The summed E-state index contributed by atoms with van der Waals surface area (Å²) in [6.07, 6.45) is -4.56. The predicted octanol–water partition coefficient (Wildman–Crippen LogP) is 4.53. The number of nitrogens with zero attached hydrogens (tertiary/aromatic N) is 2. The number of nitro groups is 1. The summed E-state index contributed by atoms with van der Waals surface area (Å²) in [5, 5.41) is 13.8. The third-order valence-corrected chi connectivity index (χ3v) is 4.69. The number of hydrogen-bond donors (Lipinski definition) is 1. The van der Waals surface area contributed by atoms with Crippen LogP contribution in [0.3, 0.4) is 0 Å². The Kier molecular flexibility index (Phi) is 6.47. The smallest absolute Gasteiger partial charge is 0.418 e. The number of amides is 1. The van der Waals surface area contributed by atoms with Gasteiger partial charge in [0.1, 0.15) is 0 Å². The van der Waals surface area contributed by atoms with Crippen LogP contribution in [0.15, 0.2) is 54.7 Å². The molecule has 1 amide bonds. The highest BCUT2D eigenvalue weighted by Crippen LogP contribution is 2.37. The van der Waals surface area contributed by atoms with Gasteiger partial charge in [0.15, 0.2) is 6.10 Å². The van der Waals surface area contributed by atoms with Gasteiger partial charge in [-0.1, -0.05) is 18.2 Å². The molecule has 0 aliphatic rings. The Morgan fingerprint density at radius 3 is 2.59 bits per heavy atom. The molecule has 11 heteroatoms. The Morgan fingerprint density at radius 1 is 1.19 bits per heavy atom. The van der Waals surface area contributed by atoms with Gasteiger partial charge in [0.05, 0.1) is 22.6 Å². The lowest BCUT2D eigenvalue weighted by molar-refractivity contribution is -0.385. The third-order valence-electron chi connectivity index (χ3n) is 4.69. The molecule has 1 N–H and O–H groups in total. The molecule has 0 saturated carbocycles. The van der Waals surface area contributed by atoms with E-state index >= 15 is 0 Å². The summed E-state index contributed by atoms with van der Waals surface area (Å²) in [6.45, 7) is 1.51. The summed E-state index contributed by atoms with van der Waals surface area (Å²) in [5.74, 6) is -1.70. The number of carbonyl (C=O) groups is 2. The minimum atomic E-state index is -4.94. The fourth-order valence-electron chi connectivity index (χ4n) is 3.08. The second-order valence-electron chi connectivity index (χ2n) is 6.92. The van der Waals surface area contributed by atoms with E-state index in [2.05, 4.69) is 0 Å². The Balaban J connectivity index is 1.62. The molecule has 0 saturated heterocycles. The lowest BCUT2D eigenvalue weighted by atomic mass is 10.1. The van der Waals surface area contributed by atoms with Crippen LogP contribution in [0.5, 0.6) is 0 Å². The number of benzene rings is 2. The minimum absolute atomic E-state index is 0.0539. The van der Waals surface area contributed by atoms with Crippen molar-refractivity contribution in [2.45, 2.75) is 32.2 Å². The number of aromatic nitrogens is 1. The van der Waals surface area contributed by atoms with Crippen LogP contribution in [0.4, 0.5) is 24.5 Å². The van der Waals surface area contributed by atoms with Gasteiger partial charge >= 0.3 is 12.1 Å². The van der Waals surface area contributed by atoms with Crippen LogP contribution < -0.4 is 5.32 Å². The van der Waals surface area contributed by atoms with Gasteiger partial charge in [-0.2, -0.15) is 13.2 Å². The molecule has 2 aromatic carbocycles. The Hall–Kier alpha value is -3.89.